The fraction of sp³-hybridized carbons (Fsp3) is 0.750. The first-order valence-corrected chi connectivity index (χ1v) is 13.6. The third-order valence-corrected chi connectivity index (χ3v) is 5.93. The fourth-order valence-corrected chi connectivity index (χ4v) is 2.88. The topological polar surface area (TPSA) is 238 Å². The summed E-state index contributed by atoms with van der Waals surface area (Å²) in [7, 11) is -4.67. The van der Waals surface area contributed by atoms with Crippen molar-refractivity contribution in [3.05, 3.63) is 24.3 Å². The van der Waals surface area contributed by atoms with Crippen LogP contribution >= 0.6 is 0 Å². The highest BCUT2D eigenvalue weighted by Crippen LogP contribution is 2.27. The van der Waals surface area contributed by atoms with E-state index in [1.165, 1.54) is 0 Å². The summed E-state index contributed by atoms with van der Waals surface area (Å²) in [6.45, 7) is 20.2. The van der Waals surface area contributed by atoms with Crippen molar-refractivity contribution < 1.29 is 47.5 Å². The van der Waals surface area contributed by atoms with Crippen LogP contribution < -0.4 is 21.7 Å². The number of hydrogen-bond donors (Lipinski definition) is 10. The number of carbonyl (C=O) groups excluding carboxylic acids is 2. The van der Waals surface area contributed by atoms with Crippen molar-refractivity contribution >= 4 is 22.2 Å². The summed E-state index contributed by atoms with van der Waals surface area (Å²) in [6, 6.07) is 0. The first kappa shape index (κ1) is 41.5. The van der Waals surface area contributed by atoms with Gasteiger partial charge in [-0.1, -0.05) is 39.8 Å². The highest BCUT2D eigenvalue weighted by Gasteiger charge is 2.43. The smallest absolute Gasteiger partial charge is 0.393 e. The molecule has 0 saturated heterocycles. The highest BCUT2D eigenvalue weighted by atomic mass is 32.3. The van der Waals surface area contributed by atoms with Gasteiger partial charge in [-0.25, -0.2) is 10.9 Å². The SMILES string of the molecule is C=C(C)C(=O)NNC(C)(C)C(O)(CO)CCC.C=C(C)C(=O)NNC(C)(C)C(O)(CO)CCC.O=S(=O)(O)O. The van der Waals surface area contributed by atoms with E-state index in [0.29, 0.717) is 24.0 Å². The van der Waals surface area contributed by atoms with Crippen LogP contribution in [-0.4, -0.2) is 85.3 Å². The Hall–Kier alpha value is -1.95. The van der Waals surface area contributed by atoms with Gasteiger partial charge in [-0.05, 0) is 54.4 Å². The molecule has 15 heteroatoms. The fourth-order valence-electron chi connectivity index (χ4n) is 2.88. The van der Waals surface area contributed by atoms with E-state index in [9.17, 15) is 30.0 Å². The predicted octanol–water partition coefficient (Wildman–Crippen LogP) is 0.318. The second-order valence-electron chi connectivity index (χ2n) is 10.3. The van der Waals surface area contributed by atoms with Crippen LogP contribution in [-0.2, 0) is 20.0 Å². The zero-order chi connectivity index (χ0) is 31.9. The molecule has 0 rings (SSSR count). The predicted molar refractivity (Wildman–Crippen MR) is 148 cm³/mol. The maximum atomic E-state index is 11.3. The van der Waals surface area contributed by atoms with Crippen LogP contribution in [0.1, 0.15) is 81.1 Å². The molecule has 14 nitrogen and oxygen atoms in total. The molecule has 0 aliphatic rings. The van der Waals surface area contributed by atoms with E-state index >= 15 is 0 Å². The van der Waals surface area contributed by atoms with E-state index in [0.717, 1.165) is 12.8 Å². The van der Waals surface area contributed by atoms with E-state index in [1.54, 1.807) is 41.5 Å². The summed E-state index contributed by atoms with van der Waals surface area (Å²) in [5.41, 5.74) is 6.89. The molecule has 0 aromatic carbocycles. The van der Waals surface area contributed by atoms with Crippen LogP contribution in [0.25, 0.3) is 0 Å². The van der Waals surface area contributed by atoms with Gasteiger partial charge >= 0.3 is 10.4 Å². The Morgan fingerprint density at radius 1 is 0.718 bits per heavy atom. The van der Waals surface area contributed by atoms with Gasteiger partial charge in [-0.3, -0.25) is 29.5 Å². The molecule has 0 aromatic rings. The van der Waals surface area contributed by atoms with E-state index in [4.69, 9.17) is 17.5 Å². The standard InChI is InChI=1S/2C12H24N2O3.H2O4S/c2*1-6-7-12(17,8-15)11(4,5)14-13-10(16)9(2)3;1-5(2,3)4/h2*14-15,17H,2,6-8H2,1,3-5H3,(H,13,16);(H2,1,2,3,4). The number of hydrogen-bond acceptors (Lipinski definition) is 10. The molecule has 0 aliphatic carbocycles. The molecule has 0 spiro atoms. The quantitative estimate of drug-likeness (QED) is 0.0752. The molecule has 10 N–H and O–H groups in total. The number of carbonyl (C=O) groups is 2. The monoisotopic (exact) mass is 586 g/mol. The number of rotatable bonds is 14. The van der Waals surface area contributed by atoms with Gasteiger partial charge < -0.3 is 20.4 Å². The number of nitrogens with one attached hydrogen (secondary N) is 4. The van der Waals surface area contributed by atoms with Crippen LogP contribution in [0.15, 0.2) is 24.3 Å². The third-order valence-electron chi connectivity index (χ3n) is 5.93. The Morgan fingerprint density at radius 2 is 0.949 bits per heavy atom. The molecule has 0 fully saturated rings. The highest BCUT2D eigenvalue weighted by molar-refractivity contribution is 7.79. The summed E-state index contributed by atoms with van der Waals surface area (Å²) < 4.78 is 31.6. The van der Waals surface area contributed by atoms with Crippen molar-refractivity contribution in [3.63, 3.8) is 0 Å². The molecule has 0 radical (unpaired) electrons. The lowest BCUT2D eigenvalue weighted by molar-refractivity contribution is -0.123. The summed E-state index contributed by atoms with van der Waals surface area (Å²) in [4.78, 5) is 22.7. The van der Waals surface area contributed by atoms with Gasteiger partial charge in [0.15, 0.2) is 0 Å². The minimum atomic E-state index is -4.67. The van der Waals surface area contributed by atoms with Crippen molar-refractivity contribution in [3.8, 4) is 0 Å². The molecule has 2 atom stereocenters. The Balaban J connectivity index is -0.000000566. The van der Waals surface area contributed by atoms with E-state index < -0.39 is 32.7 Å². The second-order valence-corrected chi connectivity index (χ2v) is 11.2. The third kappa shape index (κ3) is 16.7. The van der Waals surface area contributed by atoms with Gasteiger partial charge in [0.25, 0.3) is 11.8 Å². The summed E-state index contributed by atoms with van der Waals surface area (Å²) in [5, 5.41) is 39.2. The lowest BCUT2D eigenvalue weighted by Gasteiger charge is -2.42. The average molecular weight is 587 g/mol. The van der Waals surface area contributed by atoms with Crippen molar-refractivity contribution in [1.82, 2.24) is 21.7 Å². The lowest BCUT2D eigenvalue weighted by Crippen LogP contribution is -2.65. The van der Waals surface area contributed by atoms with Crippen molar-refractivity contribution in [2.45, 2.75) is 103 Å². The molecule has 0 saturated carbocycles. The van der Waals surface area contributed by atoms with Gasteiger partial charge in [0.05, 0.1) is 24.3 Å². The molecule has 0 aromatic heterocycles. The van der Waals surface area contributed by atoms with Crippen LogP contribution in [0.4, 0.5) is 0 Å². The average Bonchev–Trinajstić information content (AvgIpc) is 2.80. The minimum absolute atomic E-state index is 0.338. The summed E-state index contributed by atoms with van der Waals surface area (Å²) in [5.74, 6) is -0.676. The Labute approximate surface area is 232 Å². The molecule has 0 aliphatic heterocycles. The van der Waals surface area contributed by atoms with Crippen molar-refractivity contribution in [2.75, 3.05) is 13.2 Å². The zero-order valence-corrected chi connectivity index (χ0v) is 25.2. The summed E-state index contributed by atoms with van der Waals surface area (Å²) in [6.07, 6.45) is 2.34. The molecule has 2 unspecified atom stereocenters. The molecule has 0 bridgehead atoms. The van der Waals surface area contributed by atoms with E-state index in [1.807, 2.05) is 13.8 Å². The summed E-state index contributed by atoms with van der Waals surface area (Å²) >= 11 is 0. The maximum Gasteiger partial charge on any atom is 0.394 e. The number of aliphatic hydroxyl groups excluding tert-OH is 2. The van der Waals surface area contributed by atoms with Gasteiger partial charge in [-0.2, -0.15) is 8.42 Å². The largest absolute Gasteiger partial charge is 0.394 e. The molecule has 2 amide bonds. The van der Waals surface area contributed by atoms with Gasteiger partial charge in [-0.15, -0.1) is 0 Å². The molecule has 39 heavy (non-hydrogen) atoms. The molecule has 232 valence electrons. The van der Waals surface area contributed by atoms with Crippen LogP contribution in [0.5, 0.6) is 0 Å². The normalized spacial score (nSPS) is 14.7. The molecular formula is C24H50N4O10S. The van der Waals surface area contributed by atoms with E-state index in [-0.39, 0.29) is 25.0 Å². The first-order valence-electron chi connectivity index (χ1n) is 12.2. The Kier molecular flexibility index (Phi) is 18.8. The van der Waals surface area contributed by atoms with Gasteiger partial charge in [0.1, 0.15) is 11.2 Å². The van der Waals surface area contributed by atoms with Crippen LogP contribution in [0, 0.1) is 0 Å². The van der Waals surface area contributed by atoms with E-state index in [2.05, 4.69) is 34.9 Å². The number of hydrazine groups is 2. The lowest BCUT2D eigenvalue weighted by atomic mass is 9.80. The Bertz CT molecular complexity index is 843. The minimum Gasteiger partial charge on any atom is -0.393 e. The molecule has 0 heterocycles. The zero-order valence-electron chi connectivity index (χ0n) is 24.4. The molecular weight excluding hydrogens is 536 g/mol. The Morgan fingerprint density at radius 3 is 1.10 bits per heavy atom. The maximum absolute atomic E-state index is 11.3. The van der Waals surface area contributed by atoms with Gasteiger partial charge in [0, 0.05) is 11.1 Å². The van der Waals surface area contributed by atoms with Crippen LogP contribution in [0.3, 0.4) is 0 Å². The first-order chi connectivity index (χ1) is 17.4. The number of aliphatic hydroxyl groups is 4. The van der Waals surface area contributed by atoms with Crippen molar-refractivity contribution in [2.24, 2.45) is 0 Å². The second kappa shape index (κ2) is 17.7. The van der Waals surface area contributed by atoms with Crippen molar-refractivity contribution in [1.29, 1.82) is 0 Å². The van der Waals surface area contributed by atoms with Crippen LogP contribution in [0.2, 0.25) is 0 Å². The number of amides is 2. The van der Waals surface area contributed by atoms with Gasteiger partial charge in [0.2, 0.25) is 0 Å².